The Morgan fingerprint density at radius 3 is 2.28 bits per heavy atom. The molecule has 130 valence electrons. The number of hydrogen-bond donors (Lipinski definition) is 1. The number of fused-ring (bicyclic) bond motifs is 1. The standard InChI is InChI=1S/C20H18Cl3NO/c21-12-3-1-11(2-4-12)19-15(14-6-5-13(22)9-18(14)23)7-8-16-17(19)10-24-20(16)25/h1-6,9,15-17,19H,7-8,10H2,(H,24,25). The summed E-state index contributed by atoms with van der Waals surface area (Å²) in [5, 5.41) is 5.11. The highest BCUT2D eigenvalue weighted by molar-refractivity contribution is 6.35. The van der Waals surface area contributed by atoms with Gasteiger partial charge in [0.05, 0.1) is 0 Å². The van der Waals surface area contributed by atoms with Gasteiger partial charge in [-0.25, -0.2) is 0 Å². The fourth-order valence-electron chi connectivity index (χ4n) is 4.56. The second kappa shape index (κ2) is 6.83. The summed E-state index contributed by atoms with van der Waals surface area (Å²) in [5.74, 6) is 1.04. The van der Waals surface area contributed by atoms with Gasteiger partial charge in [0, 0.05) is 27.5 Å². The van der Waals surface area contributed by atoms with Crippen molar-refractivity contribution in [2.24, 2.45) is 11.8 Å². The molecule has 1 N–H and O–H groups in total. The lowest BCUT2D eigenvalue weighted by Gasteiger charge is -2.40. The van der Waals surface area contributed by atoms with E-state index in [9.17, 15) is 4.79 Å². The van der Waals surface area contributed by atoms with Crippen molar-refractivity contribution in [2.75, 3.05) is 6.54 Å². The lowest BCUT2D eigenvalue weighted by Crippen LogP contribution is -2.32. The smallest absolute Gasteiger partial charge is 0.223 e. The van der Waals surface area contributed by atoms with Crippen LogP contribution in [-0.2, 0) is 4.79 Å². The van der Waals surface area contributed by atoms with Gasteiger partial charge in [-0.2, -0.15) is 0 Å². The number of rotatable bonds is 2. The Bertz CT molecular complexity index is 805. The Morgan fingerprint density at radius 2 is 1.56 bits per heavy atom. The summed E-state index contributed by atoms with van der Waals surface area (Å²) < 4.78 is 0. The van der Waals surface area contributed by atoms with E-state index in [-0.39, 0.29) is 29.6 Å². The Balaban J connectivity index is 1.78. The van der Waals surface area contributed by atoms with Crippen LogP contribution in [-0.4, -0.2) is 12.5 Å². The fraction of sp³-hybridized carbons (Fsp3) is 0.350. The van der Waals surface area contributed by atoms with Crippen molar-refractivity contribution < 1.29 is 4.79 Å². The van der Waals surface area contributed by atoms with Crippen LogP contribution in [0.4, 0.5) is 0 Å². The zero-order valence-corrected chi connectivity index (χ0v) is 15.8. The maximum Gasteiger partial charge on any atom is 0.223 e. The van der Waals surface area contributed by atoms with Gasteiger partial charge >= 0.3 is 0 Å². The Kier molecular flexibility index (Phi) is 4.70. The molecule has 0 bridgehead atoms. The van der Waals surface area contributed by atoms with Gasteiger partial charge in [-0.05, 0) is 66.0 Å². The first-order chi connectivity index (χ1) is 12.0. The van der Waals surface area contributed by atoms with Crippen LogP contribution in [0.2, 0.25) is 15.1 Å². The zero-order chi connectivity index (χ0) is 17.6. The van der Waals surface area contributed by atoms with Crippen LogP contribution in [0, 0.1) is 11.8 Å². The lowest BCUT2D eigenvalue weighted by atomic mass is 9.63. The van der Waals surface area contributed by atoms with Crippen LogP contribution in [0.5, 0.6) is 0 Å². The molecule has 4 unspecified atom stereocenters. The summed E-state index contributed by atoms with van der Waals surface area (Å²) in [6.45, 7) is 0.721. The van der Waals surface area contributed by atoms with Gasteiger partial charge in [-0.3, -0.25) is 4.79 Å². The molecule has 0 aromatic heterocycles. The van der Waals surface area contributed by atoms with E-state index in [1.807, 2.05) is 30.3 Å². The molecule has 1 heterocycles. The maximum absolute atomic E-state index is 12.2. The van der Waals surface area contributed by atoms with Gasteiger partial charge in [0.2, 0.25) is 5.91 Å². The average Bonchev–Trinajstić information content (AvgIpc) is 2.97. The summed E-state index contributed by atoms with van der Waals surface area (Å²) >= 11 is 18.7. The molecule has 2 aliphatic rings. The molecule has 25 heavy (non-hydrogen) atoms. The first-order valence-corrected chi connectivity index (χ1v) is 9.66. The normalized spacial score (nSPS) is 28.5. The molecule has 1 aliphatic heterocycles. The fourth-order valence-corrected chi connectivity index (χ4v) is 5.24. The number of nitrogens with one attached hydrogen (secondary N) is 1. The van der Waals surface area contributed by atoms with Crippen molar-refractivity contribution in [2.45, 2.75) is 24.7 Å². The SMILES string of the molecule is O=C1NCC2C1CCC(c1ccc(Cl)cc1Cl)C2c1ccc(Cl)cc1. The minimum absolute atomic E-state index is 0.0861. The molecule has 1 saturated carbocycles. The van der Waals surface area contributed by atoms with Gasteiger partial charge < -0.3 is 5.32 Å². The largest absolute Gasteiger partial charge is 0.356 e. The molecule has 4 rings (SSSR count). The quantitative estimate of drug-likeness (QED) is 0.698. The third kappa shape index (κ3) is 3.16. The summed E-state index contributed by atoms with van der Waals surface area (Å²) in [7, 11) is 0. The molecule has 2 fully saturated rings. The number of carbonyl (C=O) groups is 1. The van der Waals surface area contributed by atoms with Gasteiger partial charge in [-0.15, -0.1) is 0 Å². The highest BCUT2D eigenvalue weighted by Gasteiger charge is 2.47. The van der Waals surface area contributed by atoms with E-state index in [4.69, 9.17) is 34.8 Å². The Hall–Kier alpha value is -1.22. The molecular weight excluding hydrogens is 377 g/mol. The van der Waals surface area contributed by atoms with Gasteiger partial charge in [0.1, 0.15) is 0 Å². The van der Waals surface area contributed by atoms with Crippen LogP contribution >= 0.6 is 34.8 Å². The zero-order valence-electron chi connectivity index (χ0n) is 13.5. The molecule has 1 amide bonds. The van der Waals surface area contributed by atoms with E-state index in [1.165, 1.54) is 5.56 Å². The molecule has 2 nitrogen and oxygen atoms in total. The third-order valence-corrected chi connectivity index (χ3v) is 6.48. The third-order valence-electron chi connectivity index (χ3n) is 5.67. The molecule has 1 saturated heterocycles. The number of benzene rings is 2. The molecular formula is C20H18Cl3NO. The number of amides is 1. The van der Waals surface area contributed by atoms with Crippen molar-refractivity contribution in [3.8, 4) is 0 Å². The summed E-state index contributed by atoms with van der Waals surface area (Å²) in [4.78, 5) is 12.2. The minimum Gasteiger partial charge on any atom is -0.356 e. The van der Waals surface area contributed by atoms with Crippen LogP contribution < -0.4 is 5.32 Å². The second-order valence-electron chi connectivity index (χ2n) is 6.94. The van der Waals surface area contributed by atoms with Crippen LogP contribution in [0.3, 0.4) is 0 Å². The molecule has 1 aliphatic carbocycles. The molecule has 0 radical (unpaired) electrons. The lowest BCUT2D eigenvalue weighted by molar-refractivity contribution is -0.123. The van der Waals surface area contributed by atoms with E-state index in [0.29, 0.717) is 10.0 Å². The van der Waals surface area contributed by atoms with Crippen molar-refractivity contribution in [1.29, 1.82) is 0 Å². The van der Waals surface area contributed by atoms with Gasteiger partial charge in [0.15, 0.2) is 0 Å². The minimum atomic E-state index is 0.0861. The number of carbonyl (C=O) groups excluding carboxylic acids is 1. The molecule has 2 aromatic carbocycles. The highest BCUT2D eigenvalue weighted by Crippen LogP contribution is 2.52. The number of halogens is 3. The van der Waals surface area contributed by atoms with Gasteiger partial charge in [0.25, 0.3) is 0 Å². The van der Waals surface area contributed by atoms with Crippen molar-refractivity contribution in [1.82, 2.24) is 5.32 Å². The molecule has 2 aromatic rings. The van der Waals surface area contributed by atoms with E-state index >= 15 is 0 Å². The number of hydrogen-bond acceptors (Lipinski definition) is 1. The predicted molar refractivity (Wildman–Crippen MR) is 103 cm³/mol. The van der Waals surface area contributed by atoms with E-state index < -0.39 is 0 Å². The summed E-state index contributed by atoms with van der Waals surface area (Å²) in [6.07, 6.45) is 1.83. The highest BCUT2D eigenvalue weighted by atomic mass is 35.5. The summed E-state index contributed by atoms with van der Waals surface area (Å²) in [5.41, 5.74) is 2.33. The van der Waals surface area contributed by atoms with Crippen LogP contribution in [0.15, 0.2) is 42.5 Å². The first kappa shape index (κ1) is 17.2. The molecule has 5 heteroatoms. The molecule has 4 atom stereocenters. The van der Waals surface area contributed by atoms with Gasteiger partial charge in [-0.1, -0.05) is 53.0 Å². The van der Waals surface area contributed by atoms with E-state index in [1.54, 1.807) is 0 Å². The van der Waals surface area contributed by atoms with E-state index in [0.717, 1.165) is 30.0 Å². The first-order valence-electron chi connectivity index (χ1n) is 8.52. The average molecular weight is 395 g/mol. The van der Waals surface area contributed by atoms with Crippen LogP contribution in [0.25, 0.3) is 0 Å². The van der Waals surface area contributed by atoms with Crippen molar-refractivity contribution in [3.05, 3.63) is 68.7 Å². The van der Waals surface area contributed by atoms with Crippen molar-refractivity contribution in [3.63, 3.8) is 0 Å². The van der Waals surface area contributed by atoms with Crippen molar-refractivity contribution >= 4 is 40.7 Å². The maximum atomic E-state index is 12.2. The second-order valence-corrected chi connectivity index (χ2v) is 8.22. The molecule has 0 spiro atoms. The Labute approximate surface area is 162 Å². The monoisotopic (exact) mass is 393 g/mol. The van der Waals surface area contributed by atoms with E-state index in [2.05, 4.69) is 17.4 Å². The Morgan fingerprint density at radius 1 is 0.880 bits per heavy atom. The van der Waals surface area contributed by atoms with Crippen LogP contribution in [0.1, 0.15) is 35.8 Å². The predicted octanol–water partition coefficient (Wildman–Crippen LogP) is 5.67. The summed E-state index contributed by atoms with van der Waals surface area (Å²) in [6, 6.07) is 13.7. The topological polar surface area (TPSA) is 29.1 Å².